The molecule has 1 amide bonds. The van der Waals surface area contributed by atoms with Crippen molar-refractivity contribution in [3.8, 4) is 0 Å². The van der Waals surface area contributed by atoms with Gasteiger partial charge in [0, 0.05) is 17.9 Å². The van der Waals surface area contributed by atoms with Crippen LogP contribution in [0, 0.1) is 29.1 Å². The fraction of sp³-hybridized carbons (Fsp3) is 0.667. The van der Waals surface area contributed by atoms with E-state index < -0.39 is 17.6 Å². The molecule has 160 valence electrons. The molecule has 3 N–H and O–H groups in total. The zero-order chi connectivity index (χ0) is 21.5. The van der Waals surface area contributed by atoms with Gasteiger partial charge in [0.05, 0.1) is 12.2 Å². The normalized spacial score (nSPS) is 43.4. The van der Waals surface area contributed by atoms with Crippen molar-refractivity contribution in [1.82, 2.24) is 5.32 Å². The maximum atomic E-state index is 13.6. The van der Waals surface area contributed by atoms with Crippen LogP contribution in [-0.2, 0) is 9.59 Å². The second-order valence-electron chi connectivity index (χ2n) is 9.66. The number of allylic oxidation sites excluding steroid dienone is 5. The molecule has 1 spiro atoms. The summed E-state index contributed by atoms with van der Waals surface area (Å²) in [7, 11) is 0. The van der Waals surface area contributed by atoms with Gasteiger partial charge in [-0.25, -0.2) is 0 Å². The van der Waals surface area contributed by atoms with E-state index >= 15 is 0 Å². The number of ketones is 1. The highest BCUT2D eigenvalue weighted by atomic mass is 16.3. The lowest BCUT2D eigenvalue weighted by Gasteiger charge is -2.44. The van der Waals surface area contributed by atoms with Crippen molar-refractivity contribution in [3.05, 3.63) is 35.5 Å². The Bertz CT molecular complexity index is 765. The molecule has 0 saturated carbocycles. The van der Waals surface area contributed by atoms with Gasteiger partial charge in [0.15, 0.2) is 5.78 Å². The Labute approximate surface area is 174 Å². The molecule has 1 saturated heterocycles. The van der Waals surface area contributed by atoms with Crippen LogP contribution in [0.25, 0.3) is 0 Å². The molecular formula is C24H35NO4. The van der Waals surface area contributed by atoms with E-state index in [9.17, 15) is 19.8 Å². The Hall–Kier alpha value is -1.72. The molecule has 3 rings (SSSR count). The van der Waals surface area contributed by atoms with Crippen LogP contribution >= 0.6 is 0 Å². The number of carbonyl (C=O) groups is 2. The van der Waals surface area contributed by atoms with E-state index in [-0.39, 0.29) is 35.5 Å². The van der Waals surface area contributed by atoms with E-state index in [1.807, 2.05) is 13.0 Å². The quantitative estimate of drug-likeness (QED) is 0.490. The summed E-state index contributed by atoms with van der Waals surface area (Å²) in [4.78, 5) is 27.1. The van der Waals surface area contributed by atoms with Gasteiger partial charge in [0.2, 0.25) is 5.91 Å². The largest absolute Gasteiger partial charge is 0.390 e. The van der Waals surface area contributed by atoms with E-state index in [0.717, 1.165) is 12.0 Å². The van der Waals surface area contributed by atoms with Crippen LogP contribution in [-0.4, -0.2) is 40.2 Å². The minimum atomic E-state index is -1.20. The highest BCUT2D eigenvalue weighted by molar-refractivity contribution is 6.13. The lowest BCUT2D eigenvalue weighted by atomic mass is 9.55. The smallest absolute Gasteiger partial charge is 0.235 e. The predicted octanol–water partition coefficient (Wildman–Crippen LogP) is 2.93. The third-order valence-corrected chi connectivity index (χ3v) is 7.15. The van der Waals surface area contributed by atoms with Crippen LogP contribution in [0.5, 0.6) is 0 Å². The Balaban J connectivity index is 2.20. The molecule has 2 aliphatic carbocycles. The van der Waals surface area contributed by atoms with Crippen LogP contribution in [0.2, 0.25) is 0 Å². The molecule has 29 heavy (non-hydrogen) atoms. The monoisotopic (exact) mass is 401 g/mol. The first-order chi connectivity index (χ1) is 13.6. The number of carbonyl (C=O) groups excluding carboxylic acids is 2. The molecule has 1 heterocycles. The number of aliphatic hydroxyl groups excluding tert-OH is 2. The van der Waals surface area contributed by atoms with E-state index in [1.54, 1.807) is 0 Å². The summed E-state index contributed by atoms with van der Waals surface area (Å²) in [6.07, 6.45) is 6.60. The third kappa shape index (κ3) is 3.75. The van der Waals surface area contributed by atoms with Gasteiger partial charge in [-0.3, -0.25) is 9.59 Å². The zero-order valence-corrected chi connectivity index (χ0v) is 18.2. The molecule has 0 radical (unpaired) electrons. The number of nitrogens with one attached hydrogen (secondary N) is 1. The first-order valence-corrected chi connectivity index (χ1v) is 10.8. The molecule has 3 aliphatic rings. The molecule has 0 bridgehead atoms. The van der Waals surface area contributed by atoms with Crippen molar-refractivity contribution in [2.45, 2.75) is 72.1 Å². The second-order valence-corrected chi connectivity index (χ2v) is 9.66. The van der Waals surface area contributed by atoms with Crippen molar-refractivity contribution in [2.24, 2.45) is 29.1 Å². The molecule has 7 atom stereocenters. The number of aliphatic hydroxyl groups is 2. The van der Waals surface area contributed by atoms with Gasteiger partial charge in [-0.1, -0.05) is 50.1 Å². The van der Waals surface area contributed by atoms with Gasteiger partial charge in [-0.2, -0.15) is 0 Å². The second kappa shape index (κ2) is 8.19. The summed E-state index contributed by atoms with van der Waals surface area (Å²) < 4.78 is 0. The fourth-order valence-electron chi connectivity index (χ4n) is 5.53. The van der Waals surface area contributed by atoms with Crippen LogP contribution in [0.15, 0.2) is 35.5 Å². The SMILES string of the molecule is CC1=C[C@@H]2/C=C(\C)CC[C@H](O)[C@H](O)/C=C/C(=O)[C@]23C(=O)N[C@@H](CC(C)C)[C@@H]3[C@@H]1C. The summed E-state index contributed by atoms with van der Waals surface area (Å²) in [5.41, 5.74) is 1.02. The first kappa shape index (κ1) is 22.0. The molecule has 5 heteroatoms. The van der Waals surface area contributed by atoms with E-state index in [2.05, 4.69) is 39.1 Å². The minimum Gasteiger partial charge on any atom is -0.390 e. The lowest BCUT2D eigenvalue weighted by Crippen LogP contribution is -2.51. The summed E-state index contributed by atoms with van der Waals surface area (Å²) in [5.74, 6) is -0.455. The van der Waals surface area contributed by atoms with Crippen LogP contribution in [0.1, 0.15) is 53.9 Å². The standard InChI is InChI=1S/C24H35NO4/c1-13(2)10-18-22-16(5)15(4)12-17-11-14(3)6-7-19(26)20(27)8-9-21(28)24(17,22)23(29)25-18/h8-9,11-13,16-20,22,26-27H,6-7,10H2,1-5H3,(H,25,29)/b9-8+,14-11+/t16-,17+,18+,19+,20-,22+,24-/m1/s1. The zero-order valence-electron chi connectivity index (χ0n) is 18.2. The van der Waals surface area contributed by atoms with Crippen molar-refractivity contribution in [1.29, 1.82) is 0 Å². The van der Waals surface area contributed by atoms with E-state index in [1.165, 1.54) is 17.7 Å². The van der Waals surface area contributed by atoms with Crippen LogP contribution in [0.3, 0.4) is 0 Å². The average Bonchev–Trinajstić information content (AvgIpc) is 2.93. The molecule has 1 aliphatic heterocycles. The van der Waals surface area contributed by atoms with Gasteiger partial charge < -0.3 is 15.5 Å². The van der Waals surface area contributed by atoms with E-state index in [4.69, 9.17) is 0 Å². The van der Waals surface area contributed by atoms with E-state index in [0.29, 0.717) is 18.8 Å². The van der Waals surface area contributed by atoms with Crippen molar-refractivity contribution < 1.29 is 19.8 Å². The van der Waals surface area contributed by atoms with Gasteiger partial charge >= 0.3 is 0 Å². The number of rotatable bonds is 2. The van der Waals surface area contributed by atoms with Gasteiger partial charge in [0.1, 0.15) is 5.41 Å². The van der Waals surface area contributed by atoms with Gasteiger partial charge in [-0.15, -0.1) is 0 Å². The van der Waals surface area contributed by atoms with Gasteiger partial charge in [-0.05, 0) is 51.0 Å². The number of amides is 1. The Kier molecular flexibility index (Phi) is 6.21. The maximum Gasteiger partial charge on any atom is 0.235 e. The van der Waals surface area contributed by atoms with Crippen molar-refractivity contribution in [2.75, 3.05) is 0 Å². The fourth-order valence-corrected chi connectivity index (χ4v) is 5.53. The third-order valence-electron chi connectivity index (χ3n) is 7.15. The Morgan fingerprint density at radius 1 is 1.21 bits per heavy atom. The minimum absolute atomic E-state index is 0.0599. The number of hydrogen-bond donors (Lipinski definition) is 3. The maximum absolute atomic E-state index is 13.6. The van der Waals surface area contributed by atoms with Crippen molar-refractivity contribution >= 4 is 11.7 Å². The van der Waals surface area contributed by atoms with Crippen LogP contribution < -0.4 is 5.32 Å². The Morgan fingerprint density at radius 3 is 2.55 bits per heavy atom. The molecule has 0 unspecified atom stereocenters. The highest BCUT2D eigenvalue weighted by Crippen LogP contribution is 2.55. The topological polar surface area (TPSA) is 86.6 Å². The number of hydrogen-bond acceptors (Lipinski definition) is 4. The summed E-state index contributed by atoms with van der Waals surface area (Å²) in [5, 5.41) is 23.6. The summed E-state index contributed by atoms with van der Waals surface area (Å²) in [6, 6.07) is -0.0599. The summed E-state index contributed by atoms with van der Waals surface area (Å²) >= 11 is 0. The molecule has 5 nitrogen and oxygen atoms in total. The Morgan fingerprint density at radius 2 is 1.90 bits per heavy atom. The van der Waals surface area contributed by atoms with Crippen molar-refractivity contribution in [3.63, 3.8) is 0 Å². The van der Waals surface area contributed by atoms with Crippen LogP contribution in [0.4, 0.5) is 0 Å². The first-order valence-electron chi connectivity index (χ1n) is 10.8. The summed E-state index contributed by atoms with van der Waals surface area (Å²) in [6.45, 7) is 10.4. The highest BCUT2D eigenvalue weighted by Gasteiger charge is 2.64. The average molecular weight is 402 g/mol. The molecular weight excluding hydrogens is 366 g/mol. The lowest BCUT2D eigenvalue weighted by molar-refractivity contribution is -0.142. The molecule has 0 aromatic heterocycles. The molecule has 1 fully saturated rings. The van der Waals surface area contributed by atoms with Gasteiger partial charge in [0.25, 0.3) is 0 Å². The predicted molar refractivity (Wildman–Crippen MR) is 113 cm³/mol. The molecule has 0 aromatic rings. The molecule has 0 aromatic carbocycles.